The van der Waals surface area contributed by atoms with Gasteiger partial charge in [-0.25, -0.2) is 8.78 Å². The predicted molar refractivity (Wildman–Crippen MR) is 51.9 cm³/mol. The standard InChI is InChI=1S/C10H11ClF2O/c1-4(2)6-7(11)8(12)5(3)10(14)9(6)13/h4,14H,1-3H3. The molecule has 1 N–H and O–H groups in total. The Labute approximate surface area is 86.3 Å². The van der Waals surface area contributed by atoms with Crippen molar-refractivity contribution in [1.29, 1.82) is 0 Å². The molecule has 1 aromatic rings. The number of hydrogen-bond donors (Lipinski definition) is 1. The van der Waals surface area contributed by atoms with Crippen molar-refractivity contribution in [3.8, 4) is 5.75 Å². The van der Waals surface area contributed by atoms with Crippen LogP contribution < -0.4 is 0 Å². The second-order valence-corrected chi connectivity index (χ2v) is 3.86. The van der Waals surface area contributed by atoms with Gasteiger partial charge in [-0.05, 0) is 12.8 Å². The highest BCUT2D eigenvalue weighted by atomic mass is 35.5. The van der Waals surface area contributed by atoms with Crippen LogP contribution in [0.25, 0.3) is 0 Å². The maximum absolute atomic E-state index is 13.5. The van der Waals surface area contributed by atoms with Crippen LogP contribution in [0.1, 0.15) is 30.9 Å². The van der Waals surface area contributed by atoms with Crippen molar-refractivity contribution in [3.05, 3.63) is 27.8 Å². The minimum absolute atomic E-state index is 0.0206. The molecule has 0 spiro atoms. The minimum Gasteiger partial charge on any atom is -0.505 e. The maximum atomic E-state index is 13.5. The largest absolute Gasteiger partial charge is 0.505 e. The number of hydrogen-bond acceptors (Lipinski definition) is 1. The average Bonchev–Trinajstić information content (AvgIpc) is 2.11. The Morgan fingerprint density at radius 3 is 2.14 bits per heavy atom. The molecule has 0 heterocycles. The van der Waals surface area contributed by atoms with Gasteiger partial charge in [0.15, 0.2) is 11.6 Å². The van der Waals surface area contributed by atoms with Crippen LogP contribution in [-0.2, 0) is 0 Å². The molecule has 0 saturated heterocycles. The molecule has 1 nitrogen and oxygen atoms in total. The Bertz CT molecular complexity index is 346. The predicted octanol–water partition coefficient (Wildman–Crippen LogP) is 3.76. The summed E-state index contributed by atoms with van der Waals surface area (Å²) in [5.74, 6) is -2.52. The molecule has 1 rings (SSSR count). The zero-order valence-electron chi connectivity index (χ0n) is 8.16. The third-order valence-corrected chi connectivity index (χ3v) is 2.50. The van der Waals surface area contributed by atoms with Crippen LogP contribution in [0.4, 0.5) is 8.78 Å². The van der Waals surface area contributed by atoms with E-state index in [9.17, 15) is 13.9 Å². The van der Waals surface area contributed by atoms with E-state index in [1.807, 2.05) is 0 Å². The van der Waals surface area contributed by atoms with Crippen LogP contribution in [-0.4, -0.2) is 5.11 Å². The van der Waals surface area contributed by atoms with Crippen molar-refractivity contribution in [2.45, 2.75) is 26.7 Å². The molecule has 14 heavy (non-hydrogen) atoms. The number of halogens is 3. The first kappa shape index (κ1) is 11.2. The first-order valence-corrected chi connectivity index (χ1v) is 4.61. The second-order valence-electron chi connectivity index (χ2n) is 3.48. The van der Waals surface area contributed by atoms with Gasteiger partial charge in [-0.15, -0.1) is 0 Å². The van der Waals surface area contributed by atoms with E-state index in [1.54, 1.807) is 13.8 Å². The molecule has 0 amide bonds. The van der Waals surface area contributed by atoms with E-state index in [0.717, 1.165) is 0 Å². The highest BCUT2D eigenvalue weighted by molar-refractivity contribution is 6.31. The van der Waals surface area contributed by atoms with Crippen molar-refractivity contribution in [1.82, 2.24) is 0 Å². The van der Waals surface area contributed by atoms with Gasteiger partial charge in [0.25, 0.3) is 0 Å². The summed E-state index contributed by atoms with van der Waals surface area (Å²) in [5.41, 5.74) is -0.135. The lowest BCUT2D eigenvalue weighted by Crippen LogP contribution is -2.00. The summed E-state index contributed by atoms with van der Waals surface area (Å²) in [5, 5.41) is 9.02. The molecule has 0 aliphatic heterocycles. The topological polar surface area (TPSA) is 20.2 Å². The molecular formula is C10H11ClF2O. The molecule has 0 fully saturated rings. The average molecular weight is 221 g/mol. The fourth-order valence-electron chi connectivity index (χ4n) is 1.28. The Morgan fingerprint density at radius 1 is 1.21 bits per heavy atom. The van der Waals surface area contributed by atoms with Crippen LogP contribution in [0.5, 0.6) is 5.75 Å². The highest BCUT2D eigenvalue weighted by Crippen LogP contribution is 2.37. The maximum Gasteiger partial charge on any atom is 0.170 e. The molecule has 78 valence electrons. The number of benzene rings is 1. The SMILES string of the molecule is Cc1c(O)c(F)c(C(C)C)c(Cl)c1F. The third-order valence-electron chi connectivity index (χ3n) is 2.14. The van der Waals surface area contributed by atoms with Crippen molar-refractivity contribution in [3.63, 3.8) is 0 Å². The van der Waals surface area contributed by atoms with E-state index in [1.165, 1.54) is 6.92 Å². The number of phenolic OH excluding ortho intramolecular Hbond substituents is 1. The third kappa shape index (κ3) is 1.57. The van der Waals surface area contributed by atoms with Gasteiger partial charge in [-0.1, -0.05) is 25.4 Å². The Balaban J connectivity index is 3.60. The summed E-state index contributed by atoms with van der Waals surface area (Å²) in [6.07, 6.45) is 0. The van der Waals surface area contributed by atoms with E-state index in [2.05, 4.69) is 0 Å². The first-order chi connectivity index (χ1) is 6.37. The molecule has 0 atom stereocenters. The molecule has 4 heteroatoms. The lowest BCUT2D eigenvalue weighted by Gasteiger charge is -2.13. The van der Waals surface area contributed by atoms with Gasteiger partial charge < -0.3 is 5.11 Å². The molecule has 0 bridgehead atoms. The Kier molecular flexibility index (Phi) is 3.00. The van der Waals surface area contributed by atoms with E-state index in [0.29, 0.717) is 0 Å². The fourth-order valence-corrected chi connectivity index (χ4v) is 1.73. The molecule has 1 aromatic carbocycles. The molecular weight excluding hydrogens is 210 g/mol. The van der Waals surface area contributed by atoms with Gasteiger partial charge in [0.2, 0.25) is 0 Å². The zero-order valence-corrected chi connectivity index (χ0v) is 8.91. The van der Waals surface area contributed by atoms with Gasteiger partial charge in [-0.3, -0.25) is 0 Å². The quantitative estimate of drug-likeness (QED) is 0.715. The number of rotatable bonds is 1. The van der Waals surface area contributed by atoms with E-state index in [4.69, 9.17) is 11.6 Å². The summed E-state index contributed by atoms with van der Waals surface area (Å²) in [6.45, 7) is 4.64. The Morgan fingerprint density at radius 2 is 1.71 bits per heavy atom. The number of aromatic hydroxyl groups is 1. The minimum atomic E-state index is -0.830. The summed E-state index contributed by atoms with van der Waals surface area (Å²) in [7, 11) is 0. The summed E-state index contributed by atoms with van der Waals surface area (Å²) >= 11 is 5.64. The van der Waals surface area contributed by atoms with Gasteiger partial charge in [0.1, 0.15) is 5.82 Å². The lowest BCUT2D eigenvalue weighted by atomic mass is 9.99. The van der Waals surface area contributed by atoms with Crippen LogP contribution >= 0.6 is 11.6 Å². The van der Waals surface area contributed by atoms with Crippen LogP contribution in [0, 0.1) is 18.6 Å². The van der Waals surface area contributed by atoms with Gasteiger partial charge in [0.05, 0.1) is 5.02 Å². The molecule has 0 aliphatic rings. The molecule has 0 radical (unpaired) electrons. The van der Waals surface area contributed by atoms with Gasteiger partial charge in [-0.2, -0.15) is 0 Å². The van der Waals surface area contributed by atoms with Crippen molar-refractivity contribution < 1.29 is 13.9 Å². The molecule has 0 aromatic heterocycles. The van der Waals surface area contributed by atoms with Gasteiger partial charge in [0, 0.05) is 11.1 Å². The fraction of sp³-hybridized carbons (Fsp3) is 0.400. The smallest absolute Gasteiger partial charge is 0.170 e. The lowest BCUT2D eigenvalue weighted by molar-refractivity contribution is 0.415. The van der Waals surface area contributed by atoms with E-state index >= 15 is 0 Å². The molecule has 0 aliphatic carbocycles. The van der Waals surface area contributed by atoms with Crippen LogP contribution in [0.2, 0.25) is 5.02 Å². The summed E-state index contributed by atoms with van der Waals surface area (Å²) in [6, 6.07) is 0. The monoisotopic (exact) mass is 220 g/mol. The Hall–Kier alpha value is -0.830. The van der Waals surface area contributed by atoms with Crippen molar-refractivity contribution in [2.24, 2.45) is 0 Å². The van der Waals surface area contributed by atoms with Crippen molar-refractivity contribution >= 4 is 11.6 Å². The molecule has 0 saturated carbocycles. The first-order valence-electron chi connectivity index (χ1n) is 4.23. The van der Waals surface area contributed by atoms with E-state index < -0.39 is 17.4 Å². The zero-order chi connectivity index (χ0) is 11.0. The van der Waals surface area contributed by atoms with Crippen LogP contribution in [0.15, 0.2) is 0 Å². The normalized spacial score (nSPS) is 11.1. The van der Waals surface area contributed by atoms with Gasteiger partial charge >= 0.3 is 0 Å². The van der Waals surface area contributed by atoms with Crippen LogP contribution in [0.3, 0.4) is 0 Å². The molecule has 0 unspecified atom stereocenters. The highest BCUT2D eigenvalue weighted by Gasteiger charge is 2.22. The van der Waals surface area contributed by atoms with Crippen molar-refractivity contribution in [2.75, 3.05) is 0 Å². The summed E-state index contributed by atoms with van der Waals surface area (Å²) in [4.78, 5) is 0. The second kappa shape index (κ2) is 3.73. The number of phenols is 1. The summed E-state index contributed by atoms with van der Waals surface area (Å²) < 4.78 is 26.8. The van der Waals surface area contributed by atoms with E-state index in [-0.39, 0.29) is 22.1 Å².